The molecule has 1 heterocycles. The molecular formula is C19H25N5O2. The Bertz CT molecular complexity index is 719. The highest BCUT2D eigenvalue weighted by Crippen LogP contribution is 2.16. The molecule has 0 saturated heterocycles. The number of para-hydroxylation sites is 1. The quantitative estimate of drug-likeness (QED) is 0.635. The number of aromatic nitrogens is 1. The molecule has 0 aliphatic rings. The van der Waals surface area contributed by atoms with E-state index in [1.54, 1.807) is 32.6 Å². The van der Waals surface area contributed by atoms with Crippen LogP contribution in [0.2, 0.25) is 0 Å². The number of rotatable bonds is 8. The van der Waals surface area contributed by atoms with Crippen LogP contribution >= 0.6 is 0 Å². The van der Waals surface area contributed by atoms with E-state index in [0.29, 0.717) is 12.2 Å². The van der Waals surface area contributed by atoms with Gasteiger partial charge >= 0.3 is 6.03 Å². The third-order valence-electron chi connectivity index (χ3n) is 3.74. The van der Waals surface area contributed by atoms with Crippen LogP contribution in [0.1, 0.15) is 12.0 Å². The monoisotopic (exact) mass is 355 g/mol. The average molecular weight is 355 g/mol. The van der Waals surface area contributed by atoms with Gasteiger partial charge in [-0.15, -0.1) is 0 Å². The summed E-state index contributed by atoms with van der Waals surface area (Å²) in [6.07, 6.45) is 4.51. The Labute approximate surface area is 153 Å². The van der Waals surface area contributed by atoms with Crippen LogP contribution in [0.3, 0.4) is 0 Å². The molecule has 3 N–H and O–H groups in total. The maximum atomic E-state index is 12.1. The molecule has 0 bridgehead atoms. The van der Waals surface area contributed by atoms with Crippen LogP contribution < -0.4 is 16.0 Å². The standard InChI is InChI=1S/C19H25N5O2/c1-24(2)18(25)13-15-7-3-4-9-17(15)23-19(26)22-12-6-11-21-16-8-5-10-20-14-16/h3-5,7-10,14,21H,6,11-13H2,1-2H3,(H2,22,23,26). The topological polar surface area (TPSA) is 86.4 Å². The van der Waals surface area contributed by atoms with Crippen LogP contribution in [0.25, 0.3) is 0 Å². The number of amides is 3. The average Bonchev–Trinajstić information content (AvgIpc) is 2.63. The summed E-state index contributed by atoms with van der Waals surface area (Å²) < 4.78 is 0. The summed E-state index contributed by atoms with van der Waals surface area (Å²) in [6.45, 7) is 1.28. The minimum absolute atomic E-state index is 0.0128. The van der Waals surface area contributed by atoms with Gasteiger partial charge in [0.25, 0.3) is 0 Å². The zero-order chi connectivity index (χ0) is 18.8. The van der Waals surface area contributed by atoms with Crippen molar-refractivity contribution in [1.29, 1.82) is 0 Å². The van der Waals surface area contributed by atoms with E-state index in [2.05, 4.69) is 20.9 Å². The van der Waals surface area contributed by atoms with Gasteiger partial charge in [0.1, 0.15) is 0 Å². The molecule has 1 aromatic heterocycles. The lowest BCUT2D eigenvalue weighted by molar-refractivity contribution is -0.127. The lowest BCUT2D eigenvalue weighted by atomic mass is 10.1. The molecule has 2 rings (SSSR count). The van der Waals surface area contributed by atoms with Crippen molar-refractivity contribution < 1.29 is 9.59 Å². The fraction of sp³-hybridized carbons (Fsp3) is 0.316. The predicted molar refractivity (Wildman–Crippen MR) is 103 cm³/mol. The molecule has 1 aromatic carbocycles. The zero-order valence-electron chi connectivity index (χ0n) is 15.2. The van der Waals surface area contributed by atoms with Crippen molar-refractivity contribution in [2.45, 2.75) is 12.8 Å². The van der Waals surface area contributed by atoms with Crippen LogP contribution in [-0.4, -0.2) is 49.0 Å². The largest absolute Gasteiger partial charge is 0.384 e. The molecule has 7 nitrogen and oxygen atoms in total. The molecule has 138 valence electrons. The Morgan fingerprint density at radius 2 is 1.88 bits per heavy atom. The smallest absolute Gasteiger partial charge is 0.319 e. The van der Waals surface area contributed by atoms with Crippen LogP contribution in [0.5, 0.6) is 0 Å². The normalized spacial score (nSPS) is 10.1. The molecule has 3 amide bonds. The molecule has 0 aliphatic heterocycles. The van der Waals surface area contributed by atoms with E-state index in [-0.39, 0.29) is 18.4 Å². The van der Waals surface area contributed by atoms with Crippen LogP contribution in [0, 0.1) is 0 Å². The second-order valence-electron chi connectivity index (χ2n) is 6.03. The van der Waals surface area contributed by atoms with Crippen molar-refractivity contribution in [2.75, 3.05) is 37.8 Å². The van der Waals surface area contributed by atoms with E-state index in [9.17, 15) is 9.59 Å². The second kappa shape index (κ2) is 10.0. The maximum Gasteiger partial charge on any atom is 0.319 e. The molecule has 26 heavy (non-hydrogen) atoms. The number of nitrogens with zero attached hydrogens (tertiary/aromatic N) is 2. The lowest BCUT2D eigenvalue weighted by Crippen LogP contribution is -2.31. The predicted octanol–water partition coefficient (Wildman–Crippen LogP) is 2.34. The number of hydrogen-bond acceptors (Lipinski definition) is 4. The first-order valence-electron chi connectivity index (χ1n) is 8.53. The molecule has 7 heteroatoms. The Balaban J connectivity index is 1.74. The fourth-order valence-corrected chi connectivity index (χ4v) is 2.27. The number of hydrogen-bond donors (Lipinski definition) is 3. The fourth-order valence-electron chi connectivity index (χ4n) is 2.27. The molecule has 0 fully saturated rings. The molecule has 0 unspecified atom stereocenters. The molecule has 0 saturated carbocycles. The summed E-state index contributed by atoms with van der Waals surface area (Å²) in [5.74, 6) is -0.0128. The lowest BCUT2D eigenvalue weighted by Gasteiger charge is -2.14. The highest BCUT2D eigenvalue weighted by atomic mass is 16.2. The van der Waals surface area contributed by atoms with Gasteiger partial charge in [0.15, 0.2) is 0 Å². The van der Waals surface area contributed by atoms with Crippen molar-refractivity contribution in [1.82, 2.24) is 15.2 Å². The number of nitrogens with one attached hydrogen (secondary N) is 3. The number of carbonyl (C=O) groups excluding carboxylic acids is 2. The van der Waals surface area contributed by atoms with Crippen LogP contribution in [0.4, 0.5) is 16.2 Å². The van der Waals surface area contributed by atoms with Crippen LogP contribution in [-0.2, 0) is 11.2 Å². The Kier molecular flexibility index (Phi) is 7.42. The van der Waals surface area contributed by atoms with Gasteiger partial charge < -0.3 is 20.9 Å². The van der Waals surface area contributed by atoms with Gasteiger partial charge in [0, 0.05) is 45.3 Å². The minimum Gasteiger partial charge on any atom is -0.384 e. The third-order valence-corrected chi connectivity index (χ3v) is 3.74. The summed E-state index contributed by atoms with van der Waals surface area (Å²) in [5, 5.41) is 8.86. The molecule has 2 aromatic rings. The van der Waals surface area contributed by atoms with E-state index in [0.717, 1.165) is 24.2 Å². The summed E-state index contributed by atoms with van der Waals surface area (Å²) >= 11 is 0. The van der Waals surface area contributed by atoms with E-state index in [4.69, 9.17) is 0 Å². The first-order valence-corrected chi connectivity index (χ1v) is 8.53. The second-order valence-corrected chi connectivity index (χ2v) is 6.03. The Morgan fingerprint density at radius 3 is 2.62 bits per heavy atom. The van der Waals surface area contributed by atoms with Gasteiger partial charge in [0.2, 0.25) is 5.91 Å². The number of urea groups is 1. The SMILES string of the molecule is CN(C)C(=O)Cc1ccccc1NC(=O)NCCCNc1cccnc1. The third kappa shape index (κ3) is 6.43. The molecule has 0 spiro atoms. The molecular weight excluding hydrogens is 330 g/mol. The first kappa shape index (κ1) is 19.2. The van der Waals surface area contributed by atoms with Crippen molar-refractivity contribution >= 4 is 23.3 Å². The van der Waals surface area contributed by atoms with Gasteiger partial charge in [-0.25, -0.2) is 4.79 Å². The first-order chi connectivity index (χ1) is 12.6. The summed E-state index contributed by atoms with van der Waals surface area (Å²) in [4.78, 5) is 29.5. The summed E-state index contributed by atoms with van der Waals surface area (Å²) in [6, 6.07) is 10.8. The minimum atomic E-state index is -0.281. The number of pyridine rings is 1. The van der Waals surface area contributed by atoms with Crippen molar-refractivity contribution in [3.63, 3.8) is 0 Å². The van der Waals surface area contributed by atoms with Gasteiger partial charge in [-0.2, -0.15) is 0 Å². The van der Waals surface area contributed by atoms with Crippen molar-refractivity contribution in [2.24, 2.45) is 0 Å². The van der Waals surface area contributed by atoms with Crippen LogP contribution in [0.15, 0.2) is 48.8 Å². The van der Waals surface area contributed by atoms with Gasteiger partial charge in [-0.3, -0.25) is 9.78 Å². The maximum absolute atomic E-state index is 12.1. The van der Waals surface area contributed by atoms with Gasteiger partial charge in [-0.1, -0.05) is 18.2 Å². The molecule has 0 atom stereocenters. The highest BCUT2D eigenvalue weighted by Gasteiger charge is 2.11. The van der Waals surface area contributed by atoms with E-state index >= 15 is 0 Å². The summed E-state index contributed by atoms with van der Waals surface area (Å²) in [5.41, 5.74) is 2.39. The van der Waals surface area contributed by atoms with E-state index < -0.39 is 0 Å². The van der Waals surface area contributed by atoms with Crippen molar-refractivity contribution in [3.05, 3.63) is 54.4 Å². The van der Waals surface area contributed by atoms with Gasteiger partial charge in [0.05, 0.1) is 12.1 Å². The highest BCUT2D eigenvalue weighted by molar-refractivity contribution is 5.91. The van der Waals surface area contributed by atoms with Crippen molar-refractivity contribution in [3.8, 4) is 0 Å². The number of benzene rings is 1. The van der Waals surface area contributed by atoms with Gasteiger partial charge in [-0.05, 0) is 30.2 Å². The van der Waals surface area contributed by atoms with E-state index in [1.807, 2.05) is 30.3 Å². The Hall–Kier alpha value is -3.09. The zero-order valence-corrected chi connectivity index (χ0v) is 15.2. The Morgan fingerprint density at radius 1 is 1.08 bits per heavy atom. The number of likely N-dealkylation sites (N-methyl/N-ethyl adjacent to an activating group) is 1. The van der Waals surface area contributed by atoms with E-state index in [1.165, 1.54) is 4.90 Å². The number of anilines is 2. The molecule has 0 aliphatic carbocycles. The summed E-state index contributed by atoms with van der Waals surface area (Å²) in [7, 11) is 3.43. The number of carbonyl (C=O) groups is 2. The molecule has 0 radical (unpaired) electrons.